The molecular weight excluding hydrogens is 360 g/mol. The molecule has 2 aromatic rings. The van der Waals surface area contributed by atoms with E-state index in [1.807, 2.05) is 31.6 Å². The highest BCUT2D eigenvalue weighted by molar-refractivity contribution is 5.80. The fraction of sp³-hybridized carbons (Fsp3) is 0.500. The molecule has 0 radical (unpaired) electrons. The molecule has 0 bridgehead atoms. The number of aryl methyl sites for hydroxylation is 1. The minimum Gasteiger partial charge on any atom is -0.496 e. The molecule has 2 N–H and O–H groups in total. The van der Waals surface area contributed by atoms with Gasteiger partial charge in [-0.3, -0.25) is 9.48 Å². The quantitative estimate of drug-likeness (QED) is 0.705. The Kier molecular flexibility index (Phi) is 6.41. The number of rotatable bonds is 8. The molecule has 0 aliphatic carbocycles. The highest BCUT2D eigenvalue weighted by Gasteiger charge is 2.34. The van der Waals surface area contributed by atoms with Crippen molar-refractivity contribution in [1.82, 2.24) is 20.4 Å². The molecule has 1 aromatic carbocycles. The summed E-state index contributed by atoms with van der Waals surface area (Å²) < 4.78 is 18.0. The van der Waals surface area contributed by atoms with E-state index in [1.54, 1.807) is 26.0 Å². The molecule has 8 nitrogen and oxygen atoms in total. The summed E-state index contributed by atoms with van der Waals surface area (Å²) in [6.07, 6.45) is 4.41. The average molecular weight is 388 g/mol. The van der Waals surface area contributed by atoms with Crippen LogP contribution in [0.5, 0.6) is 17.2 Å². The van der Waals surface area contributed by atoms with Gasteiger partial charge < -0.3 is 24.8 Å². The number of benzene rings is 1. The number of hydrogen-bond acceptors (Lipinski definition) is 6. The van der Waals surface area contributed by atoms with Gasteiger partial charge in [-0.05, 0) is 12.0 Å². The second-order valence-electron chi connectivity index (χ2n) is 6.87. The summed E-state index contributed by atoms with van der Waals surface area (Å²) in [6, 6.07) is 3.64. The van der Waals surface area contributed by atoms with Gasteiger partial charge in [-0.2, -0.15) is 5.10 Å². The zero-order valence-electron chi connectivity index (χ0n) is 16.8. The van der Waals surface area contributed by atoms with Crippen LogP contribution in [-0.2, 0) is 18.3 Å². The topological polar surface area (TPSA) is 86.6 Å². The van der Waals surface area contributed by atoms with Crippen LogP contribution < -0.4 is 24.8 Å². The Bertz CT molecular complexity index is 795. The van der Waals surface area contributed by atoms with Gasteiger partial charge in [0.05, 0.1) is 33.4 Å². The highest BCUT2D eigenvalue weighted by Crippen LogP contribution is 2.34. The van der Waals surface area contributed by atoms with Crippen molar-refractivity contribution in [3.05, 3.63) is 35.7 Å². The van der Waals surface area contributed by atoms with Crippen molar-refractivity contribution in [2.24, 2.45) is 13.0 Å². The Morgan fingerprint density at radius 1 is 1.21 bits per heavy atom. The Morgan fingerprint density at radius 3 is 2.50 bits per heavy atom. The van der Waals surface area contributed by atoms with E-state index in [0.717, 1.165) is 17.7 Å². The van der Waals surface area contributed by atoms with Crippen LogP contribution in [0.1, 0.15) is 17.0 Å². The van der Waals surface area contributed by atoms with E-state index in [2.05, 4.69) is 15.7 Å². The largest absolute Gasteiger partial charge is 0.496 e. The zero-order chi connectivity index (χ0) is 20.1. The predicted octanol–water partition coefficient (Wildman–Crippen LogP) is 1.11. The first-order valence-corrected chi connectivity index (χ1v) is 9.33. The molecule has 3 rings (SSSR count). The number of ether oxygens (including phenoxy) is 3. The lowest BCUT2D eigenvalue weighted by atomic mass is 9.90. The normalized spacial score (nSPS) is 18.7. The first-order chi connectivity index (χ1) is 13.6. The van der Waals surface area contributed by atoms with Crippen molar-refractivity contribution in [1.29, 1.82) is 0 Å². The van der Waals surface area contributed by atoms with Crippen molar-refractivity contribution in [3.8, 4) is 17.2 Å². The van der Waals surface area contributed by atoms with Crippen molar-refractivity contribution in [2.45, 2.75) is 12.3 Å². The van der Waals surface area contributed by atoms with Gasteiger partial charge >= 0.3 is 0 Å². The third-order valence-electron chi connectivity index (χ3n) is 5.20. The van der Waals surface area contributed by atoms with Crippen molar-refractivity contribution in [3.63, 3.8) is 0 Å². The van der Waals surface area contributed by atoms with Gasteiger partial charge in [-0.1, -0.05) is 0 Å². The summed E-state index contributed by atoms with van der Waals surface area (Å²) in [7, 11) is 6.71. The number of amides is 1. The summed E-state index contributed by atoms with van der Waals surface area (Å²) in [5.74, 6) is 2.10. The highest BCUT2D eigenvalue weighted by atomic mass is 16.5. The Balaban J connectivity index is 1.64. The van der Waals surface area contributed by atoms with Crippen molar-refractivity contribution in [2.75, 3.05) is 41.0 Å². The van der Waals surface area contributed by atoms with E-state index in [1.165, 1.54) is 0 Å². The van der Waals surface area contributed by atoms with Gasteiger partial charge in [-0.15, -0.1) is 0 Å². The molecule has 2 heterocycles. The molecule has 0 unspecified atom stereocenters. The number of methoxy groups -OCH3 is 3. The molecule has 1 amide bonds. The van der Waals surface area contributed by atoms with Crippen LogP contribution in [0.2, 0.25) is 0 Å². The SMILES string of the molecule is COc1cc(OC)c(CCNC(=O)[C@H]2CNC[C@@H]2c2cnn(C)c2)c(OC)c1. The zero-order valence-corrected chi connectivity index (χ0v) is 16.8. The Morgan fingerprint density at radius 2 is 1.93 bits per heavy atom. The molecule has 1 aliphatic rings. The minimum absolute atomic E-state index is 0.0466. The third-order valence-corrected chi connectivity index (χ3v) is 5.20. The maximum Gasteiger partial charge on any atom is 0.225 e. The van der Waals surface area contributed by atoms with Crippen LogP contribution in [0, 0.1) is 5.92 Å². The van der Waals surface area contributed by atoms with E-state index in [4.69, 9.17) is 14.2 Å². The summed E-state index contributed by atoms with van der Waals surface area (Å²) >= 11 is 0. The molecule has 1 saturated heterocycles. The van der Waals surface area contributed by atoms with Crippen molar-refractivity contribution < 1.29 is 19.0 Å². The van der Waals surface area contributed by atoms with Crippen LogP contribution >= 0.6 is 0 Å². The Labute approximate surface area is 165 Å². The second kappa shape index (κ2) is 8.97. The molecule has 0 spiro atoms. The molecule has 152 valence electrons. The molecule has 1 aromatic heterocycles. The van der Waals surface area contributed by atoms with Crippen LogP contribution in [0.3, 0.4) is 0 Å². The number of aromatic nitrogens is 2. The van der Waals surface area contributed by atoms with Gasteiger partial charge in [0.1, 0.15) is 17.2 Å². The fourth-order valence-corrected chi connectivity index (χ4v) is 3.70. The molecule has 1 aliphatic heterocycles. The number of carbonyl (C=O) groups is 1. The van der Waals surface area contributed by atoms with E-state index < -0.39 is 0 Å². The van der Waals surface area contributed by atoms with Gasteiger partial charge in [0.25, 0.3) is 0 Å². The van der Waals surface area contributed by atoms with Gasteiger partial charge in [0.2, 0.25) is 5.91 Å². The van der Waals surface area contributed by atoms with Crippen molar-refractivity contribution >= 4 is 5.91 Å². The van der Waals surface area contributed by atoms with E-state index in [-0.39, 0.29) is 17.7 Å². The number of hydrogen-bond donors (Lipinski definition) is 2. The summed E-state index contributed by atoms with van der Waals surface area (Å²) in [6.45, 7) is 1.94. The van der Waals surface area contributed by atoms with E-state index in [9.17, 15) is 4.79 Å². The maximum absolute atomic E-state index is 12.8. The third kappa shape index (κ3) is 4.22. The fourth-order valence-electron chi connectivity index (χ4n) is 3.70. The lowest BCUT2D eigenvalue weighted by Gasteiger charge is -2.18. The van der Waals surface area contributed by atoms with Crippen LogP contribution in [0.4, 0.5) is 0 Å². The van der Waals surface area contributed by atoms with Gasteiger partial charge in [-0.25, -0.2) is 0 Å². The summed E-state index contributed by atoms with van der Waals surface area (Å²) in [5, 5.41) is 10.6. The Hall–Kier alpha value is -2.74. The molecule has 28 heavy (non-hydrogen) atoms. The molecule has 0 saturated carbocycles. The summed E-state index contributed by atoms with van der Waals surface area (Å²) in [5.41, 5.74) is 1.99. The lowest BCUT2D eigenvalue weighted by Crippen LogP contribution is -2.35. The monoisotopic (exact) mass is 388 g/mol. The minimum atomic E-state index is -0.108. The predicted molar refractivity (Wildman–Crippen MR) is 105 cm³/mol. The number of carbonyl (C=O) groups excluding carboxylic acids is 1. The lowest BCUT2D eigenvalue weighted by molar-refractivity contribution is -0.124. The standard InChI is InChI=1S/C20H28N4O4/c1-24-12-13(9-23-24)16-10-21-11-17(16)20(25)22-6-5-15-18(27-3)7-14(26-2)8-19(15)28-4/h7-9,12,16-17,21H,5-6,10-11H2,1-4H3,(H,22,25)/t16-,17+/m1/s1. The summed E-state index contributed by atoms with van der Waals surface area (Å²) in [4.78, 5) is 12.8. The van der Waals surface area contributed by atoms with Crippen LogP contribution in [0.15, 0.2) is 24.5 Å². The first kappa shape index (κ1) is 20.0. The first-order valence-electron chi connectivity index (χ1n) is 9.33. The molecule has 8 heteroatoms. The van der Waals surface area contributed by atoms with Crippen LogP contribution in [-0.4, -0.2) is 56.7 Å². The van der Waals surface area contributed by atoms with Gasteiger partial charge in [0.15, 0.2) is 0 Å². The molecule has 1 fully saturated rings. The van der Waals surface area contributed by atoms with Gasteiger partial charge in [0, 0.05) is 56.5 Å². The maximum atomic E-state index is 12.8. The average Bonchev–Trinajstić information content (AvgIpc) is 3.36. The number of nitrogens with zero attached hydrogens (tertiary/aromatic N) is 2. The molecule has 2 atom stereocenters. The van der Waals surface area contributed by atoms with E-state index >= 15 is 0 Å². The number of nitrogens with one attached hydrogen (secondary N) is 2. The second-order valence-corrected chi connectivity index (χ2v) is 6.87. The smallest absolute Gasteiger partial charge is 0.225 e. The van der Waals surface area contributed by atoms with Crippen LogP contribution in [0.25, 0.3) is 0 Å². The van der Waals surface area contributed by atoms with E-state index in [0.29, 0.717) is 36.8 Å². The molecular formula is C20H28N4O4.